The van der Waals surface area contributed by atoms with Gasteiger partial charge in [-0.25, -0.2) is 4.39 Å². The molecule has 0 fully saturated rings. The largest absolute Gasteiger partial charge is 0.434 e. The summed E-state index contributed by atoms with van der Waals surface area (Å²) in [6, 6.07) is 4.42. The van der Waals surface area contributed by atoms with E-state index in [-0.39, 0.29) is 11.3 Å². The van der Waals surface area contributed by atoms with Gasteiger partial charge in [-0.15, -0.1) is 0 Å². The molecule has 72 valence electrons. The zero-order chi connectivity index (χ0) is 9.84. The van der Waals surface area contributed by atoms with Crippen LogP contribution in [0, 0.1) is 6.92 Å². The van der Waals surface area contributed by atoms with Gasteiger partial charge in [0.05, 0.1) is 0 Å². The second-order valence-electron chi connectivity index (χ2n) is 2.62. The highest BCUT2D eigenvalue weighted by molar-refractivity contribution is 5.36. The maximum absolute atomic E-state index is 12.3. The van der Waals surface area contributed by atoms with Gasteiger partial charge in [0.2, 0.25) is 0 Å². The lowest BCUT2D eigenvalue weighted by Gasteiger charge is -2.08. The fourth-order valence-corrected chi connectivity index (χ4v) is 1.02. The Morgan fingerprint density at radius 2 is 2.08 bits per heavy atom. The molecule has 0 bridgehead atoms. The first-order valence-corrected chi connectivity index (χ1v) is 3.74. The molecule has 0 N–H and O–H groups in total. The average molecular weight is 190 g/mol. The van der Waals surface area contributed by atoms with Crippen molar-refractivity contribution in [3.63, 3.8) is 0 Å². The van der Waals surface area contributed by atoms with E-state index < -0.39 is 13.3 Å². The Morgan fingerprint density at radius 1 is 1.38 bits per heavy atom. The fourth-order valence-electron chi connectivity index (χ4n) is 1.02. The molecule has 0 radical (unpaired) electrons. The summed E-state index contributed by atoms with van der Waals surface area (Å²) in [6.07, 6.45) is 0. The number of ether oxygens (including phenoxy) is 1. The fraction of sp³-hybridized carbons (Fsp3) is 0.333. The van der Waals surface area contributed by atoms with Crippen LogP contribution in [0.5, 0.6) is 5.75 Å². The molecule has 0 aliphatic carbocycles. The molecule has 0 heterocycles. The van der Waals surface area contributed by atoms with Crippen LogP contribution < -0.4 is 4.74 Å². The Balaban J connectivity index is 2.92. The van der Waals surface area contributed by atoms with Crippen molar-refractivity contribution < 1.29 is 17.9 Å². The zero-order valence-electron chi connectivity index (χ0n) is 7.06. The van der Waals surface area contributed by atoms with Crippen molar-refractivity contribution in [3.05, 3.63) is 29.3 Å². The Morgan fingerprint density at radius 3 is 2.62 bits per heavy atom. The highest BCUT2D eigenvalue weighted by atomic mass is 19.3. The van der Waals surface area contributed by atoms with E-state index in [0.717, 1.165) is 5.56 Å². The smallest absolute Gasteiger partial charge is 0.387 e. The molecule has 13 heavy (non-hydrogen) atoms. The van der Waals surface area contributed by atoms with E-state index in [2.05, 4.69) is 4.74 Å². The number of alkyl halides is 3. The van der Waals surface area contributed by atoms with Crippen molar-refractivity contribution >= 4 is 0 Å². The van der Waals surface area contributed by atoms with Crippen molar-refractivity contribution in [2.45, 2.75) is 20.2 Å². The minimum absolute atomic E-state index is 0.0944. The van der Waals surface area contributed by atoms with Crippen molar-refractivity contribution in [1.82, 2.24) is 0 Å². The quantitative estimate of drug-likeness (QED) is 0.711. The summed E-state index contributed by atoms with van der Waals surface area (Å²) >= 11 is 0. The maximum atomic E-state index is 12.3. The molecule has 0 saturated carbocycles. The molecule has 0 spiro atoms. The van der Waals surface area contributed by atoms with Gasteiger partial charge >= 0.3 is 6.61 Å². The summed E-state index contributed by atoms with van der Waals surface area (Å²) in [5.74, 6) is -0.0944. The summed E-state index contributed by atoms with van der Waals surface area (Å²) in [5, 5.41) is 0. The predicted octanol–water partition coefficient (Wildman–Crippen LogP) is 3.07. The van der Waals surface area contributed by atoms with Gasteiger partial charge in [0, 0.05) is 5.56 Å². The normalized spacial score (nSPS) is 10.5. The predicted molar refractivity (Wildman–Crippen MR) is 42.6 cm³/mol. The minimum Gasteiger partial charge on any atom is -0.434 e. The summed E-state index contributed by atoms with van der Waals surface area (Å²) in [5.41, 5.74) is 0.967. The number of hydrogen-bond donors (Lipinski definition) is 0. The van der Waals surface area contributed by atoms with Crippen LogP contribution in [-0.2, 0) is 6.67 Å². The maximum Gasteiger partial charge on any atom is 0.387 e. The Kier molecular flexibility index (Phi) is 3.17. The van der Waals surface area contributed by atoms with Crippen LogP contribution in [0.4, 0.5) is 13.2 Å². The highest BCUT2D eigenvalue weighted by Crippen LogP contribution is 2.22. The van der Waals surface area contributed by atoms with Crippen molar-refractivity contribution in [1.29, 1.82) is 0 Å². The molecule has 0 amide bonds. The van der Waals surface area contributed by atoms with E-state index in [1.165, 1.54) is 12.1 Å². The van der Waals surface area contributed by atoms with Crippen LogP contribution in [0.15, 0.2) is 18.2 Å². The lowest BCUT2D eigenvalue weighted by Crippen LogP contribution is -2.04. The number of hydrogen-bond acceptors (Lipinski definition) is 1. The van der Waals surface area contributed by atoms with Gasteiger partial charge in [-0.2, -0.15) is 8.78 Å². The Labute approximate surface area is 74.1 Å². The van der Waals surface area contributed by atoms with E-state index in [0.29, 0.717) is 0 Å². The number of rotatable bonds is 3. The zero-order valence-corrected chi connectivity index (χ0v) is 7.06. The lowest BCUT2D eigenvalue weighted by atomic mass is 10.1. The van der Waals surface area contributed by atoms with Gasteiger partial charge in [0.1, 0.15) is 12.4 Å². The summed E-state index contributed by atoms with van der Waals surface area (Å²) in [7, 11) is 0. The van der Waals surface area contributed by atoms with Crippen LogP contribution in [0.2, 0.25) is 0 Å². The first-order valence-electron chi connectivity index (χ1n) is 3.74. The number of benzene rings is 1. The molecule has 1 rings (SSSR count). The molecule has 1 nitrogen and oxygen atoms in total. The van der Waals surface area contributed by atoms with Crippen LogP contribution in [0.3, 0.4) is 0 Å². The molecule has 0 atom stereocenters. The first-order chi connectivity index (χ1) is 6.13. The van der Waals surface area contributed by atoms with Gasteiger partial charge in [-0.1, -0.05) is 11.6 Å². The van der Waals surface area contributed by atoms with Gasteiger partial charge < -0.3 is 4.74 Å². The van der Waals surface area contributed by atoms with E-state index in [1.807, 2.05) is 0 Å². The Bertz CT molecular complexity index is 286. The molecule has 0 aliphatic rings. The second-order valence-corrected chi connectivity index (χ2v) is 2.62. The van der Waals surface area contributed by atoms with Crippen molar-refractivity contribution in [3.8, 4) is 5.75 Å². The van der Waals surface area contributed by atoms with Crippen molar-refractivity contribution in [2.75, 3.05) is 0 Å². The molecule has 0 unspecified atom stereocenters. The summed E-state index contributed by atoms with van der Waals surface area (Å²) in [6.45, 7) is -1.96. The number of aryl methyl sites for hydroxylation is 1. The summed E-state index contributed by atoms with van der Waals surface area (Å²) < 4.78 is 40.0. The molecular weight excluding hydrogens is 181 g/mol. The van der Waals surface area contributed by atoms with E-state index in [1.54, 1.807) is 13.0 Å². The molecule has 0 aromatic heterocycles. The third kappa shape index (κ3) is 2.65. The van der Waals surface area contributed by atoms with E-state index >= 15 is 0 Å². The van der Waals surface area contributed by atoms with Gasteiger partial charge in [0.15, 0.2) is 0 Å². The Hall–Kier alpha value is -1.19. The second kappa shape index (κ2) is 4.16. The summed E-state index contributed by atoms with van der Waals surface area (Å²) in [4.78, 5) is 0. The van der Waals surface area contributed by atoms with Crippen LogP contribution in [0.25, 0.3) is 0 Å². The van der Waals surface area contributed by atoms with Crippen LogP contribution in [0.1, 0.15) is 11.1 Å². The minimum atomic E-state index is -2.91. The molecular formula is C9H9F3O. The van der Waals surface area contributed by atoms with Crippen LogP contribution in [-0.4, -0.2) is 6.61 Å². The first kappa shape index (κ1) is 9.89. The molecule has 1 aromatic rings. The number of halogens is 3. The van der Waals surface area contributed by atoms with Gasteiger partial charge in [-0.05, 0) is 19.1 Å². The van der Waals surface area contributed by atoms with Gasteiger partial charge in [0.25, 0.3) is 0 Å². The van der Waals surface area contributed by atoms with Crippen LogP contribution >= 0.6 is 0 Å². The SMILES string of the molecule is Cc1ccc(OC(F)F)c(CF)c1. The van der Waals surface area contributed by atoms with E-state index in [4.69, 9.17) is 0 Å². The molecule has 4 heteroatoms. The van der Waals surface area contributed by atoms with Gasteiger partial charge in [-0.3, -0.25) is 0 Å². The average Bonchev–Trinajstić information content (AvgIpc) is 2.07. The van der Waals surface area contributed by atoms with Crippen molar-refractivity contribution in [2.24, 2.45) is 0 Å². The standard InChI is InChI=1S/C9H9F3O/c1-6-2-3-8(13-9(11)12)7(4-6)5-10/h2-4,9H,5H2,1H3. The third-order valence-electron chi connectivity index (χ3n) is 1.58. The third-order valence-corrected chi connectivity index (χ3v) is 1.58. The topological polar surface area (TPSA) is 9.23 Å². The molecule has 0 aliphatic heterocycles. The highest BCUT2D eigenvalue weighted by Gasteiger charge is 2.08. The molecule has 0 saturated heterocycles. The monoisotopic (exact) mass is 190 g/mol. The molecule has 1 aromatic carbocycles. The van der Waals surface area contributed by atoms with E-state index in [9.17, 15) is 13.2 Å². The lowest BCUT2D eigenvalue weighted by molar-refractivity contribution is -0.0506.